The van der Waals surface area contributed by atoms with Crippen LogP contribution in [0.2, 0.25) is 0 Å². The summed E-state index contributed by atoms with van der Waals surface area (Å²) in [4.78, 5) is 12.0. The molecule has 0 aliphatic carbocycles. The van der Waals surface area contributed by atoms with Crippen LogP contribution in [0, 0.1) is 5.82 Å². The second kappa shape index (κ2) is 10.3. The molecule has 0 amide bonds. The summed E-state index contributed by atoms with van der Waals surface area (Å²) < 4.78 is 40.7. The first-order chi connectivity index (χ1) is 17.4. The molecule has 1 atom stereocenters. The fraction of sp³-hybridized carbons (Fsp3) is 0.259. The Morgan fingerprint density at radius 1 is 0.889 bits per heavy atom. The van der Waals surface area contributed by atoms with E-state index in [0.29, 0.717) is 38.5 Å². The smallest absolute Gasteiger partial charge is 0.243 e. The van der Waals surface area contributed by atoms with E-state index in [2.05, 4.69) is 29.3 Å². The van der Waals surface area contributed by atoms with Gasteiger partial charge in [0.05, 0.1) is 16.5 Å². The van der Waals surface area contributed by atoms with Crippen LogP contribution in [-0.2, 0) is 16.6 Å². The van der Waals surface area contributed by atoms with Crippen molar-refractivity contribution in [1.29, 1.82) is 0 Å². The molecule has 0 spiro atoms. The first-order valence-electron chi connectivity index (χ1n) is 12.0. The van der Waals surface area contributed by atoms with Crippen molar-refractivity contribution >= 4 is 26.7 Å². The van der Waals surface area contributed by atoms with Crippen LogP contribution < -0.4 is 5.32 Å². The van der Waals surface area contributed by atoms with Gasteiger partial charge in [0.1, 0.15) is 17.5 Å². The van der Waals surface area contributed by atoms with Crippen LogP contribution in [0.1, 0.15) is 24.4 Å². The van der Waals surface area contributed by atoms with Gasteiger partial charge < -0.3 is 5.32 Å². The Bertz CT molecular complexity index is 1440. The van der Waals surface area contributed by atoms with Crippen LogP contribution in [0.25, 0.3) is 10.9 Å². The third-order valence-corrected chi connectivity index (χ3v) is 8.48. The fourth-order valence-corrected chi connectivity index (χ4v) is 5.87. The van der Waals surface area contributed by atoms with E-state index in [9.17, 15) is 12.8 Å². The van der Waals surface area contributed by atoms with Gasteiger partial charge >= 0.3 is 0 Å². The number of para-hydroxylation sites is 1. The minimum atomic E-state index is -3.66. The highest BCUT2D eigenvalue weighted by molar-refractivity contribution is 7.89. The molecule has 3 aromatic carbocycles. The number of rotatable bonds is 7. The molecule has 4 aromatic rings. The van der Waals surface area contributed by atoms with Crippen molar-refractivity contribution in [3.63, 3.8) is 0 Å². The molecule has 186 valence electrons. The van der Waals surface area contributed by atoms with Gasteiger partial charge in [-0.2, -0.15) is 4.31 Å². The Kier molecular flexibility index (Phi) is 6.95. The highest BCUT2D eigenvalue weighted by Crippen LogP contribution is 2.27. The molecule has 9 heteroatoms. The fourth-order valence-electron chi connectivity index (χ4n) is 4.45. The van der Waals surface area contributed by atoms with Crippen molar-refractivity contribution in [2.45, 2.75) is 24.4 Å². The van der Waals surface area contributed by atoms with E-state index < -0.39 is 15.8 Å². The molecule has 36 heavy (non-hydrogen) atoms. The van der Waals surface area contributed by atoms with Gasteiger partial charge in [0.25, 0.3) is 0 Å². The van der Waals surface area contributed by atoms with E-state index in [1.165, 1.54) is 28.6 Å². The number of hydrogen-bond acceptors (Lipinski definition) is 6. The van der Waals surface area contributed by atoms with Crippen LogP contribution >= 0.6 is 0 Å². The number of nitrogens with one attached hydrogen (secondary N) is 1. The lowest BCUT2D eigenvalue weighted by Gasteiger charge is -2.36. The molecule has 0 bridgehead atoms. The Hall–Kier alpha value is -3.40. The van der Waals surface area contributed by atoms with Crippen molar-refractivity contribution < 1.29 is 12.8 Å². The average Bonchev–Trinajstić information content (AvgIpc) is 2.92. The number of sulfonamides is 1. The second-order valence-electron chi connectivity index (χ2n) is 8.86. The van der Waals surface area contributed by atoms with Crippen molar-refractivity contribution in [2.24, 2.45) is 0 Å². The number of anilines is 1. The predicted molar refractivity (Wildman–Crippen MR) is 138 cm³/mol. The van der Waals surface area contributed by atoms with Crippen molar-refractivity contribution in [3.05, 3.63) is 96.1 Å². The van der Waals surface area contributed by atoms with Gasteiger partial charge in [-0.1, -0.05) is 42.5 Å². The molecule has 0 radical (unpaired) electrons. The summed E-state index contributed by atoms with van der Waals surface area (Å²) in [5.74, 6) is 1.02. The number of nitrogens with zero attached hydrogens (tertiary/aromatic N) is 4. The van der Waals surface area contributed by atoms with Crippen LogP contribution in [0.4, 0.5) is 10.2 Å². The largest absolute Gasteiger partial charge is 0.365 e. The zero-order valence-corrected chi connectivity index (χ0v) is 20.8. The molecular weight excluding hydrogens is 477 g/mol. The number of piperazine rings is 1. The molecular formula is C27H28FN5O2S. The number of aromatic nitrogens is 2. The van der Waals surface area contributed by atoms with Gasteiger partial charge in [-0.05, 0) is 48.9 Å². The Morgan fingerprint density at radius 2 is 1.56 bits per heavy atom. The average molecular weight is 506 g/mol. The minimum Gasteiger partial charge on any atom is -0.365 e. The Balaban J connectivity index is 1.32. The summed E-state index contributed by atoms with van der Waals surface area (Å²) in [5, 5.41) is 4.43. The summed E-state index contributed by atoms with van der Waals surface area (Å²) in [6.07, 6.45) is 0. The van der Waals surface area contributed by atoms with E-state index in [1.807, 2.05) is 42.5 Å². The number of benzene rings is 3. The van der Waals surface area contributed by atoms with Crippen molar-refractivity contribution in [1.82, 2.24) is 19.2 Å². The number of halogens is 1. The van der Waals surface area contributed by atoms with E-state index in [4.69, 9.17) is 9.97 Å². The first-order valence-corrected chi connectivity index (χ1v) is 13.4. The van der Waals surface area contributed by atoms with Crippen LogP contribution in [-0.4, -0.2) is 53.8 Å². The summed E-state index contributed by atoms with van der Waals surface area (Å²) in [5.41, 5.74) is 2.02. The molecule has 1 aliphatic rings. The number of hydrogen-bond donors (Lipinski definition) is 1. The Morgan fingerprint density at radius 3 is 2.28 bits per heavy atom. The lowest BCUT2D eigenvalue weighted by atomic mass is 10.2. The molecule has 1 aliphatic heterocycles. The molecule has 1 aromatic heterocycles. The van der Waals surface area contributed by atoms with Crippen molar-refractivity contribution in [3.8, 4) is 0 Å². The van der Waals surface area contributed by atoms with E-state index in [1.54, 1.807) is 0 Å². The quantitative estimate of drug-likeness (QED) is 0.400. The lowest BCUT2D eigenvalue weighted by Crippen LogP contribution is -2.49. The summed E-state index contributed by atoms with van der Waals surface area (Å²) >= 11 is 0. The third kappa shape index (κ3) is 5.09. The van der Waals surface area contributed by atoms with Crippen LogP contribution in [0.3, 0.4) is 0 Å². The molecule has 7 nitrogen and oxygen atoms in total. The van der Waals surface area contributed by atoms with Crippen LogP contribution in [0.15, 0.2) is 83.8 Å². The third-order valence-electron chi connectivity index (χ3n) is 6.57. The van der Waals surface area contributed by atoms with E-state index in [-0.39, 0.29) is 10.9 Å². The molecule has 1 fully saturated rings. The summed E-state index contributed by atoms with van der Waals surface area (Å²) in [6.45, 7) is 4.48. The summed E-state index contributed by atoms with van der Waals surface area (Å²) in [7, 11) is -3.66. The minimum absolute atomic E-state index is 0.0949. The van der Waals surface area contributed by atoms with Gasteiger partial charge in [-0.3, -0.25) is 4.90 Å². The van der Waals surface area contributed by atoms with E-state index in [0.717, 1.165) is 22.3 Å². The summed E-state index contributed by atoms with van der Waals surface area (Å²) in [6, 6.07) is 23.0. The molecule has 0 saturated carbocycles. The predicted octanol–water partition coefficient (Wildman–Crippen LogP) is 4.45. The maximum Gasteiger partial charge on any atom is 0.243 e. The van der Waals surface area contributed by atoms with Gasteiger partial charge in [0.2, 0.25) is 10.0 Å². The second-order valence-corrected chi connectivity index (χ2v) is 10.8. The van der Waals surface area contributed by atoms with Gasteiger partial charge in [0, 0.05) is 38.1 Å². The van der Waals surface area contributed by atoms with Gasteiger partial charge in [0.15, 0.2) is 0 Å². The molecule has 1 N–H and O–H groups in total. The monoisotopic (exact) mass is 505 g/mol. The highest BCUT2D eigenvalue weighted by Gasteiger charge is 2.31. The van der Waals surface area contributed by atoms with Gasteiger partial charge in [-0.25, -0.2) is 22.8 Å². The zero-order chi connectivity index (χ0) is 25.1. The highest BCUT2D eigenvalue weighted by atomic mass is 32.2. The number of fused-ring (bicyclic) bond motifs is 1. The normalized spacial score (nSPS) is 16.2. The van der Waals surface area contributed by atoms with Crippen LogP contribution in [0.5, 0.6) is 0 Å². The maximum absolute atomic E-state index is 13.2. The van der Waals surface area contributed by atoms with E-state index >= 15 is 0 Å². The molecule has 1 saturated heterocycles. The maximum atomic E-state index is 13.2. The standard InChI is InChI=1S/C27H28FN5O2S/c1-20(32-15-17-33(18-16-32)36(34,35)23-13-11-22(28)12-14-23)26-30-25-10-6-5-9-24(25)27(31-26)29-19-21-7-3-2-4-8-21/h2-14,20H,15-19H2,1H3,(H,29,30,31). The Labute approximate surface area is 210 Å². The molecule has 2 heterocycles. The van der Waals surface area contributed by atoms with Crippen molar-refractivity contribution in [2.75, 3.05) is 31.5 Å². The first kappa shape index (κ1) is 24.3. The lowest BCUT2D eigenvalue weighted by molar-refractivity contribution is 0.141. The topological polar surface area (TPSA) is 78.4 Å². The van der Waals surface area contributed by atoms with Gasteiger partial charge in [-0.15, -0.1) is 0 Å². The molecule has 5 rings (SSSR count). The SMILES string of the molecule is CC(c1nc(NCc2ccccc2)c2ccccc2n1)N1CCN(S(=O)(=O)c2ccc(F)cc2)CC1. The molecule has 1 unspecified atom stereocenters. The zero-order valence-electron chi connectivity index (χ0n) is 20.0.